The zero-order chi connectivity index (χ0) is 11.6. The van der Waals surface area contributed by atoms with Gasteiger partial charge in [0.25, 0.3) is 5.91 Å². The summed E-state index contributed by atoms with van der Waals surface area (Å²) in [4.78, 5) is 16.5. The number of benzene rings is 1. The van der Waals surface area contributed by atoms with Gasteiger partial charge in [0.1, 0.15) is 0 Å². The second-order valence-electron chi connectivity index (χ2n) is 3.35. The highest BCUT2D eigenvalue weighted by Gasteiger charge is 2.02. The van der Waals surface area contributed by atoms with Crippen LogP contribution in [0.25, 0.3) is 0 Å². The van der Waals surface area contributed by atoms with Crippen molar-refractivity contribution in [3.05, 3.63) is 35.9 Å². The van der Waals surface area contributed by atoms with Gasteiger partial charge in [-0.2, -0.15) is 0 Å². The maximum absolute atomic E-state index is 11.5. The summed E-state index contributed by atoms with van der Waals surface area (Å²) in [5.41, 5.74) is 2.99. The number of halogens is 1. The molecule has 96 valence electrons. The Hall–Kier alpha value is -1.10. The van der Waals surface area contributed by atoms with Crippen LogP contribution >= 0.6 is 12.4 Å². The highest BCUT2D eigenvalue weighted by molar-refractivity contribution is 5.93. The van der Waals surface area contributed by atoms with E-state index in [1.54, 1.807) is 19.2 Å². The molecular formula is C12H18ClNO3. The molecule has 0 aliphatic carbocycles. The molecule has 1 N–H and O–H groups in total. The van der Waals surface area contributed by atoms with Crippen LogP contribution in [-0.2, 0) is 9.57 Å². The zero-order valence-electron chi connectivity index (χ0n) is 9.85. The predicted molar refractivity (Wildman–Crippen MR) is 68.2 cm³/mol. The van der Waals surface area contributed by atoms with Crippen LogP contribution < -0.4 is 5.48 Å². The molecule has 0 spiro atoms. The molecule has 0 unspecified atom stereocenters. The van der Waals surface area contributed by atoms with E-state index >= 15 is 0 Å². The first kappa shape index (κ1) is 15.9. The third kappa shape index (κ3) is 6.94. The molecule has 0 aliphatic rings. The Morgan fingerprint density at radius 3 is 2.47 bits per heavy atom. The number of ether oxygens (including phenoxy) is 1. The summed E-state index contributed by atoms with van der Waals surface area (Å²) in [6.07, 6.45) is 1.79. The van der Waals surface area contributed by atoms with Crippen molar-refractivity contribution in [2.24, 2.45) is 0 Å². The number of hydrogen-bond donors (Lipinski definition) is 1. The summed E-state index contributed by atoms with van der Waals surface area (Å²) < 4.78 is 4.90. The fourth-order valence-electron chi connectivity index (χ4n) is 1.19. The molecule has 0 fully saturated rings. The molecule has 0 saturated heterocycles. The molecule has 0 aliphatic heterocycles. The van der Waals surface area contributed by atoms with Crippen LogP contribution in [0.3, 0.4) is 0 Å². The van der Waals surface area contributed by atoms with Crippen molar-refractivity contribution in [1.82, 2.24) is 5.48 Å². The van der Waals surface area contributed by atoms with E-state index in [4.69, 9.17) is 9.57 Å². The van der Waals surface area contributed by atoms with Gasteiger partial charge in [-0.25, -0.2) is 5.48 Å². The Balaban J connectivity index is 0.00000256. The Morgan fingerprint density at radius 2 is 1.82 bits per heavy atom. The molecule has 0 radical (unpaired) electrons. The van der Waals surface area contributed by atoms with E-state index < -0.39 is 0 Å². The Kier molecular flexibility index (Phi) is 9.43. The van der Waals surface area contributed by atoms with Gasteiger partial charge in [-0.15, -0.1) is 12.4 Å². The average Bonchev–Trinajstić information content (AvgIpc) is 2.34. The molecule has 1 amide bonds. The monoisotopic (exact) mass is 259 g/mol. The molecule has 0 atom stereocenters. The third-order valence-electron chi connectivity index (χ3n) is 2.05. The number of amides is 1. The topological polar surface area (TPSA) is 47.6 Å². The summed E-state index contributed by atoms with van der Waals surface area (Å²) in [6, 6.07) is 8.97. The van der Waals surface area contributed by atoms with Crippen LogP contribution in [0.1, 0.15) is 23.2 Å². The number of rotatable bonds is 7. The summed E-state index contributed by atoms with van der Waals surface area (Å²) >= 11 is 0. The SMILES string of the molecule is COCCCCONC(=O)c1ccccc1.Cl. The minimum atomic E-state index is -0.215. The largest absolute Gasteiger partial charge is 0.385 e. The summed E-state index contributed by atoms with van der Waals surface area (Å²) in [5.74, 6) is -0.215. The quantitative estimate of drug-likeness (QED) is 0.603. The van der Waals surface area contributed by atoms with Crippen molar-refractivity contribution in [2.75, 3.05) is 20.3 Å². The first-order valence-electron chi connectivity index (χ1n) is 5.30. The number of carbonyl (C=O) groups is 1. The number of nitrogens with one attached hydrogen (secondary N) is 1. The van der Waals surface area contributed by atoms with Crippen LogP contribution in [0.4, 0.5) is 0 Å². The van der Waals surface area contributed by atoms with Crippen molar-refractivity contribution in [1.29, 1.82) is 0 Å². The van der Waals surface area contributed by atoms with E-state index in [0.29, 0.717) is 12.2 Å². The average molecular weight is 260 g/mol. The standard InChI is InChI=1S/C12H17NO3.ClH/c1-15-9-5-6-10-16-13-12(14)11-7-3-2-4-8-11;/h2-4,7-8H,5-6,9-10H2,1H3,(H,13,14);1H. The van der Waals surface area contributed by atoms with Gasteiger partial charge in [0.05, 0.1) is 6.61 Å². The van der Waals surface area contributed by atoms with Gasteiger partial charge in [-0.05, 0) is 25.0 Å². The fourth-order valence-corrected chi connectivity index (χ4v) is 1.19. The summed E-state index contributed by atoms with van der Waals surface area (Å²) in [7, 11) is 1.66. The molecule has 0 saturated carbocycles. The van der Waals surface area contributed by atoms with Crippen molar-refractivity contribution in [3.63, 3.8) is 0 Å². The lowest BCUT2D eigenvalue weighted by molar-refractivity contribution is 0.0282. The van der Waals surface area contributed by atoms with Gasteiger partial charge in [0.2, 0.25) is 0 Å². The molecular weight excluding hydrogens is 242 g/mol. The van der Waals surface area contributed by atoms with Crippen LogP contribution in [0, 0.1) is 0 Å². The minimum absolute atomic E-state index is 0. The van der Waals surface area contributed by atoms with E-state index in [-0.39, 0.29) is 18.3 Å². The highest BCUT2D eigenvalue weighted by Crippen LogP contribution is 1.97. The van der Waals surface area contributed by atoms with Crippen molar-refractivity contribution < 1.29 is 14.4 Å². The van der Waals surface area contributed by atoms with E-state index in [9.17, 15) is 4.79 Å². The molecule has 17 heavy (non-hydrogen) atoms. The molecule has 0 bridgehead atoms. The van der Waals surface area contributed by atoms with E-state index in [1.807, 2.05) is 18.2 Å². The van der Waals surface area contributed by atoms with Crippen molar-refractivity contribution >= 4 is 18.3 Å². The third-order valence-corrected chi connectivity index (χ3v) is 2.05. The minimum Gasteiger partial charge on any atom is -0.385 e. The first-order chi connectivity index (χ1) is 7.84. The van der Waals surface area contributed by atoms with Crippen LogP contribution in [0.15, 0.2) is 30.3 Å². The summed E-state index contributed by atoms with van der Waals surface area (Å²) in [6.45, 7) is 1.22. The second kappa shape index (κ2) is 10.1. The summed E-state index contributed by atoms with van der Waals surface area (Å²) in [5, 5.41) is 0. The lowest BCUT2D eigenvalue weighted by Crippen LogP contribution is -2.24. The molecule has 0 aromatic heterocycles. The lowest BCUT2D eigenvalue weighted by atomic mass is 10.2. The van der Waals surface area contributed by atoms with Gasteiger partial charge in [-0.1, -0.05) is 18.2 Å². The van der Waals surface area contributed by atoms with Crippen molar-refractivity contribution in [2.45, 2.75) is 12.8 Å². The van der Waals surface area contributed by atoms with E-state index in [2.05, 4.69) is 5.48 Å². The Morgan fingerprint density at radius 1 is 1.18 bits per heavy atom. The first-order valence-corrected chi connectivity index (χ1v) is 5.30. The number of methoxy groups -OCH3 is 1. The molecule has 1 aromatic rings. The van der Waals surface area contributed by atoms with Crippen LogP contribution in [0.2, 0.25) is 0 Å². The zero-order valence-corrected chi connectivity index (χ0v) is 10.7. The van der Waals surface area contributed by atoms with Gasteiger partial charge >= 0.3 is 0 Å². The fraction of sp³-hybridized carbons (Fsp3) is 0.417. The second-order valence-corrected chi connectivity index (χ2v) is 3.35. The van der Waals surface area contributed by atoms with Gasteiger partial charge in [-0.3, -0.25) is 9.63 Å². The number of hydroxylamine groups is 1. The molecule has 5 heteroatoms. The van der Waals surface area contributed by atoms with Crippen LogP contribution in [-0.4, -0.2) is 26.2 Å². The van der Waals surface area contributed by atoms with Gasteiger partial charge in [0.15, 0.2) is 0 Å². The molecule has 4 nitrogen and oxygen atoms in total. The molecule has 1 aromatic carbocycles. The predicted octanol–water partition coefficient (Wildman–Crippen LogP) is 2.20. The smallest absolute Gasteiger partial charge is 0.274 e. The maximum atomic E-state index is 11.5. The lowest BCUT2D eigenvalue weighted by Gasteiger charge is -2.05. The molecule has 0 heterocycles. The Bertz CT molecular complexity index is 306. The van der Waals surface area contributed by atoms with Gasteiger partial charge < -0.3 is 4.74 Å². The van der Waals surface area contributed by atoms with E-state index in [1.165, 1.54) is 0 Å². The number of hydrogen-bond acceptors (Lipinski definition) is 3. The maximum Gasteiger partial charge on any atom is 0.274 e. The Labute approximate surface area is 108 Å². The highest BCUT2D eigenvalue weighted by atomic mass is 35.5. The van der Waals surface area contributed by atoms with Gasteiger partial charge in [0, 0.05) is 19.3 Å². The van der Waals surface area contributed by atoms with E-state index in [0.717, 1.165) is 19.4 Å². The number of unbranched alkanes of at least 4 members (excludes halogenated alkanes) is 1. The van der Waals surface area contributed by atoms with Crippen molar-refractivity contribution in [3.8, 4) is 0 Å². The normalized spacial score (nSPS) is 9.47. The molecule has 1 rings (SSSR count). The van der Waals surface area contributed by atoms with Crippen LogP contribution in [0.5, 0.6) is 0 Å². The number of carbonyl (C=O) groups excluding carboxylic acids is 1.